The monoisotopic (exact) mass is 230 g/mol. The van der Waals surface area contributed by atoms with Crippen LogP contribution in [0.1, 0.15) is 18.9 Å². The molecule has 2 atom stereocenters. The van der Waals surface area contributed by atoms with E-state index in [0.29, 0.717) is 12.5 Å². The average molecular weight is 230 g/mol. The zero-order valence-electron chi connectivity index (χ0n) is 9.64. The van der Waals surface area contributed by atoms with E-state index >= 15 is 0 Å². The quantitative estimate of drug-likeness (QED) is 0.856. The lowest BCUT2D eigenvalue weighted by Gasteiger charge is -2.12. The Bertz CT molecular complexity index is 479. The van der Waals surface area contributed by atoms with Gasteiger partial charge in [-0.3, -0.25) is 4.79 Å². The summed E-state index contributed by atoms with van der Waals surface area (Å²) < 4.78 is 5.39. The number of hydrazone groups is 1. The number of hydrogen-bond acceptors (Lipinski definition) is 3. The number of carbonyl (C=O) groups is 1. The normalized spacial score (nSPS) is 25.7. The fourth-order valence-corrected chi connectivity index (χ4v) is 2.24. The van der Waals surface area contributed by atoms with Gasteiger partial charge in [-0.1, -0.05) is 0 Å². The van der Waals surface area contributed by atoms with E-state index in [0.717, 1.165) is 23.4 Å². The summed E-state index contributed by atoms with van der Waals surface area (Å²) in [5.74, 6) is 1.39. The number of amides is 1. The highest BCUT2D eigenvalue weighted by molar-refractivity contribution is 6.09. The smallest absolute Gasteiger partial charge is 0.243 e. The van der Waals surface area contributed by atoms with Crippen LogP contribution in [0.4, 0.5) is 0 Å². The molecule has 1 aromatic carbocycles. The van der Waals surface area contributed by atoms with Crippen molar-refractivity contribution in [3.63, 3.8) is 0 Å². The minimum Gasteiger partial charge on any atom is -0.494 e. The Morgan fingerprint density at radius 3 is 2.82 bits per heavy atom. The first-order valence-corrected chi connectivity index (χ1v) is 5.90. The van der Waals surface area contributed by atoms with Crippen LogP contribution in [0.2, 0.25) is 0 Å². The minimum atomic E-state index is 0.0599. The molecule has 4 nitrogen and oxygen atoms in total. The summed E-state index contributed by atoms with van der Waals surface area (Å²) in [4.78, 5) is 11.3. The van der Waals surface area contributed by atoms with Crippen LogP contribution in [-0.2, 0) is 4.79 Å². The highest BCUT2D eigenvalue weighted by Gasteiger charge is 2.49. The van der Waals surface area contributed by atoms with Gasteiger partial charge in [0.05, 0.1) is 12.3 Å². The average Bonchev–Trinajstić information content (AvgIpc) is 3.12. The Kier molecular flexibility index (Phi) is 2.35. The molecular formula is C13H14N2O2. The van der Waals surface area contributed by atoms with Gasteiger partial charge < -0.3 is 4.74 Å². The number of fused-ring (bicyclic) bond motifs is 1. The molecule has 0 saturated heterocycles. The molecule has 2 unspecified atom stereocenters. The second kappa shape index (κ2) is 3.87. The number of hydrogen-bond donors (Lipinski definition) is 1. The second-order valence-corrected chi connectivity index (χ2v) is 4.38. The third-order valence-electron chi connectivity index (χ3n) is 3.23. The van der Waals surface area contributed by atoms with Crippen LogP contribution < -0.4 is 10.2 Å². The highest BCUT2D eigenvalue weighted by atomic mass is 16.5. The summed E-state index contributed by atoms with van der Waals surface area (Å²) in [6.07, 6.45) is 0.928. The van der Waals surface area contributed by atoms with Crippen molar-refractivity contribution in [1.82, 2.24) is 5.43 Å². The lowest BCUT2D eigenvalue weighted by atomic mass is 10.0. The first kappa shape index (κ1) is 10.3. The SMILES string of the molecule is CCOc1ccc(C2=NNC(=O)C3CC23)cc1. The first-order chi connectivity index (χ1) is 8.29. The molecule has 1 aliphatic heterocycles. The van der Waals surface area contributed by atoms with Crippen molar-refractivity contribution in [3.8, 4) is 5.75 Å². The molecule has 1 fully saturated rings. The summed E-state index contributed by atoms with van der Waals surface area (Å²) >= 11 is 0. The second-order valence-electron chi connectivity index (χ2n) is 4.38. The van der Waals surface area contributed by atoms with Gasteiger partial charge in [0.25, 0.3) is 0 Å². The van der Waals surface area contributed by atoms with Crippen LogP contribution in [0.15, 0.2) is 29.4 Å². The molecule has 1 aliphatic carbocycles. The van der Waals surface area contributed by atoms with Crippen molar-refractivity contribution in [2.75, 3.05) is 6.61 Å². The van der Waals surface area contributed by atoms with Crippen molar-refractivity contribution >= 4 is 11.6 Å². The molecule has 0 radical (unpaired) electrons. The lowest BCUT2D eigenvalue weighted by Crippen LogP contribution is -2.28. The summed E-state index contributed by atoms with van der Waals surface area (Å²) in [5, 5.41) is 4.16. The standard InChI is InChI=1S/C13H14N2O2/c1-2-17-9-5-3-8(4-6-9)12-10-7-11(10)13(16)15-14-12/h3-6,10-11H,2,7H2,1H3,(H,15,16). The van der Waals surface area contributed by atoms with E-state index in [2.05, 4.69) is 10.5 Å². The zero-order chi connectivity index (χ0) is 11.8. The Morgan fingerprint density at radius 1 is 1.35 bits per heavy atom. The number of benzene rings is 1. The summed E-state index contributed by atoms with van der Waals surface area (Å²) in [7, 11) is 0. The first-order valence-electron chi connectivity index (χ1n) is 5.90. The van der Waals surface area contributed by atoms with Gasteiger partial charge in [0.1, 0.15) is 5.75 Å². The van der Waals surface area contributed by atoms with Crippen LogP contribution in [0.25, 0.3) is 0 Å². The Labute approximate surface area is 99.7 Å². The van der Waals surface area contributed by atoms with Crippen LogP contribution in [0.3, 0.4) is 0 Å². The summed E-state index contributed by atoms with van der Waals surface area (Å²) in [5.41, 5.74) is 4.65. The van der Waals surface area contributed by atoms with E-state index in [1.807, 2.05) is 31.2 Å². The number of ether oxygens (including phenoxy) is 1. The molecule has 1 N–H and O–H groups in total. The molecule has 17 heavy (non-hydrogen) atoms. The third kappa shape index (κ3) is 1.79. The molecule has 3 rings (SSSR count). The fourth-order valence-electron chi connectivity index (χ4n) is 2.24. The molecule has 1 saturated carbocycles. The molecule has 88 valence electrons. The number of carbonyl (C=O) groups excluding carboxylic acids is 1. The highest BCUT2D eigenvalue weighted by Crippen LogP contribution is 2.43. The van der Waals surface area contributed by atoms with E-state index in [1.165, 1.54) is 0 Å². The topological polar surface area (TPSA) is 50.7 Å². The Balaban J connectivity index is 1.83. The third-order valence-corrected chi connectivity index (χ3v) is 3.23. The van der Waals surface area contributed by atoms with Crippen molar-refractivity contribution < 1.29 is 9.53 Å². The molecule has 1 amide bonds. The van der Waals surface area contributed by atoms with Crippen LogP contribution in [0.5, 0.6) is 5.75 Å². The molecule has 2 aliphatic rings. The summed E-state index contributed by atoms with van der Waals surface area (Å²) in [6.45, 7) is 2.63. The van der Waals surface area contributed by atoms with Gasteiger partial charge >= 0.3 is 0 Å². The van der Waals surface area contributed by atoms with Crippen LogP contribution >= 0.6 is 0 Å². The van der Waals surface area contributed by atoms with Gasteiger partial charge in [-0.25, -0.2) is 5.43 Å². The predicted octanol–water partition coefficient (Wildman–Crippen LogP) is 1.56. The van der Waals surface area contributed by atoms with Crippen molar-refractivity contribution in [1.29, 1.82) is 0 Å². The van der Waals surface area contributed by atoms with Gasteiger partial charge in [-0.15, -0.1) is 0 Å². The molecule has 0 aromatic heterocycles. The van der Waals surface area contributed by atoms with Crippen LogP contribution in [-0.4, -0.2) is 18.2 Å². The zero-order valence-corrected chi connectivity index (χ0v) is 9.64. The maximum atomic E-state index is 11.3. The van der Waals surface area contributed by atoms with Gasteiger partial charge in [-0.05, 0) is 43.2 Å². The van der Waals surface area contributed by atoms with E-state index in [-0.39, 0.29) is 11.8 Å². The fraction of sp³-hybridized carbons (Fsp3) is 0.385. The molecule has 1 heterocycles. The summed E-state index contributed by atoms with van der Waals surface area (Å²) in [6, 6.07) is 7.87. The van der Waals surface area contributed by atoms with Gasteiger partial charge in [0.2, 0.25) is 5.91 Å². The molecule has 4 heteroatoms. The maximum absolute atomic E-state index is 11.3. The van der Waals surface area contributed by atoms with Crippen molar-refractivity contribution in [3.05, 3.63) is 29.8 Å². The Hall–Kier alpha value is -1.84. The van der Waals surface area contributed by atoms with E-state index < -0.39 is 0 Å². The van der Waals surface area contributed by atoms with Gasteiger partial charge in [-0.2, -0.15) is 5.10 Å². The van der Waals surface area contributed by atoms with Crippen molar-refractivity contribution in [2.45, 2.75) is 13.3 Å². The van der Waals surface area contributed by atoms with Crippen molar-refractivity contribution in [2.24, 2.45) is 16.9 Å². The van der Waals surface area contributed by atoms with Gasteiger partial charge in [0, 0.05) is 11.8 Å². The molecular weight excluding hydrogens is 216 g/mol. The van der Waals surface area contributed by atoms with E-state index in [1.54, 1.807) is 0 Å². The van der Waals surface area contributed by atoms with E-state index in [4.69, 9.17) is 4.74 Å². The Morgan fingerprint density at radius 2 is 2.12 bits per heavy atom. The number of rotatable bonds is 3. The number of nitrogens with zero attached hydrogens (tertiary/aromatic N) is 1. The number of nitrogens with one attached hydrogen (secondary N) is 1. The van der Waals surface area contributed by atoms with Crippen LogP contribution in [0, 0.1) is 11.8 Å². The molecule has 1 aromatic rings. The lowest BCUT2D eigenvalue weighted by molar-refractivity contribution is -0.122. The van der Waals surface area contributed by atoms with Gasteiger partial charge in [0.15, 0.2) is 0 Å². The predicted molar refractivity (Wildman–Crippen MR) is 63.9 cm³/mol. The maximum Gasteiger partial charge on any atom is 0.243 e. The van der Waals surface area contributed by atoms with E-state index in [9.17, 15) is 4.79 Å². The largest absolute Gasteiger partial charge is 0.494 e. The molecule has 0 spiro atoms. The molecule has 0 bridgehead atoms. The minimum absolute atomic E-state index is 0.0599.